The van der Waals surface area contributed by atoms with E-state index in [4.69, 9.17) is 16.0 Å². The molecule has 0 bridgehead atoms. The Bertz CT molecular complexity index is 1310. The van der Waals surface area contributed by atoms with Crippen LogP contribution in [-0.4, -0.2) is 26.4 Å². The highest BCUT2D eigenvalue weighted by Gasteiger charge is 2.18. The third-order valence-electron chi connectivity index (χ3n) is 4.66. The van der Waals surface area contributed by atoms with Crippen LogP contribution in [0.1, 0.15) is 4.79 Å². The second-order valence-electron chi connectivity index (χ2n) is 6.41. The second-order valence-corrected chi connectivity index (χ2v) is 7.74. The number of hydrogen-bond donors (Lipinski definition) is 0. The van der Waals surface area contributed by atoms with E-state index in [9.17, 15) is 4.79 Å². The van der Waals surface area contributed by atoms with Crippen LogP contribution in [0.4, 0.5) is 0 Å². The van der Waals surface area contributed by atoms with Crippen molar-refractivity contribution in [3.8, 4) is 11.5 Å². The summed E-state index contributed by atoms with van der Waals surface area (Å²) in [5.41, 5.74) is 2.45. The molecule has 0 aliphatic heterocycles. The number of carbonyl (C=O) groups is 1. The van der Waals surface area contributed by atoms with E-state index in [1.165, 1.54) is 11.8 Å². The summed E-state index contributed by atoms with van der Waals surface area (Å²) in [6.07, 6.45) is 0. The van der Waals surface area contributed by atoms with E-state index < -0.39 is 0 Å². The number of benzene rings is 3. The summed E-state index contributed by atoms with van der Waals surface area (Å²) in [4.78, 5) is 13.1. The van der Waals surface area contributed by atoms with Gasteiger partial charge in [0.05, 0.1) is 27.4 Å². The highest BCUT2D eigenvalue weighted by atomic mass is 35.5. The van der Waals surface area contributed by atoms with Crippen LogP contribution >= 0.6 is 23.4 Å². The summed E-state index contributed by atoms with van der Waals surface area (Å²) in [5.74, 6) is 0.458. The molecule has 0 saturated heterocycles. The van der Waals surface area contributed by atoms with Crippen LogP contribution in [0, 0.1) is 0 Å². The van der Waals surface area contributed by atoms with E-state index in [1.807, 2.05) is 66.7 Å². The Labute approximate surface area is 175 Å². The van der Waals surface area contributed by atoms with Gasteiger partial charge in [-0.15, -0.1) is 10.2 Å². The smallest absolute Gasteiger partial charge is 0.277 e. The molecule has 0 aliphatic carbocycles. The van der Waals surface area contributed by atoms with Crippen molar-refractivity contribution in [3.63, 3.8) is 0 Å². The molecule has 5 rings (SSSR count). The van der Waals surface area contributed by atoms with Gasteiger partial charge in [-0.1, -0.05) is 71.9 Å². The minimum Gasteiger partial charge on any atom is -0.411 e. The molecule has 0 fully saturated rings. The van der Waals surface area contributed by atoms with Gasteiger partial charge in [0.25, 0.3) is 5.22 Å². The number of fused-ring (bicyclic) bond motifs is 3. The Hall–Kier alpha value is -3.09. The third kappa shape index (κ3) is 3.20. The van der Waals surface area contributed by atoms with E-state index >= 15 is 0 Å². The first-order chi connectivity index (χ1) is 14.2. The van der Waals surface area contributed by atoms with Gasteiger partial charge in [-0.05, 0) is 24.3 Å². The SMILES string of the molecule is O=C(CSc1nnc(-c2ccccc2Cl)o1)n1c2ccccc2c2ccccc21. The number of halogens is 1. The van der Waals surface area contributed by atoms with Gasteiger partial charge in [0.2, 0.25) is 11.8 Å². The molecule has 0 aliphatic rings. The third-order valence-corrected chi connectivity index (χ3v) is 5.79. The average molecular weight is 420 g/mol. The normalized spacial score (nSPS) is 11.3. The number of hydrogen-bond acceptors (Lipinski definition) is 5. The van der Waals surface area contributed by atoms with Gasteiger partial charge in [0.15, 0.2) is 0 Å². The Kier molecular flexibility index (Phi) is 4.58. The summed E-state index contributed by atoms with van der Waals surface area (Å²) < 4.78 is 7.44. The Morgan fingerprint density at radius 2 is 1.52 bits per heavy atom. The van der Waals surface area contributed by atoms with Crippen molar-refractivity contribution in [3.05, 3.63) is 77.8 Å². The molecule has 0 amide bonds. The van der Waals surface area contributed by atoms with E-state index in [2.05, 4.69) is 10.2 Å². The van der Waals surface area contributed by atoms with Crippen molar-refractivity contribution in [2.24, 2.45) is 0 Å². The van der Waals surface area contributed by atoms with Crippen LogP contribution in [-0.2, 0) is 0 Å². The molecule has 0 unspecified atom stereocenters. The Balaban J connectivity index is 1.43. The number of thioether (sulfide) groups is 1. The van der Waals surface area contributed by atoms with Gasteiger partial charge in [-0.2, -0.15) is 0 Å². The summed E-state index contributed by atoms with van der Waals surface area (Å²) >= 11 is 7.39. The Morgan fingerprint density at radius 3 is 2.21 bits per heavy atom. The number of rotatable bonds is 4. The maximum atomic E-state index is 13.1. The molecule has 7 heteroatoms. The first-order valence-electron chi connectivity index (χ1n) is 8.95. The molecule has 5 nitrogen and oxygen atoms in total. The van der Waals surface area contributed by atoms with Crippen molar-refractivity contribution in [2.45, 2.75) is 5.22 Å². The number of nitrogens with zero attached hydrogens (tertiary/aromatic N) is 3. The zero-order chi connectivity index (χ0) is 19.8. The molecule has 0 N–H and O–H groups in total. The molecule has 0 spiro atoms. The van der Waals surface area contributed by atoms with Crippen molar-refractivity contribution in [1.29, 1.82) is 0 Å². The largest absolute Gasteiger partial charge is 0.411 e. The predicted octanol–water partition coefficient (Wildman–Crippen LogP) is 5.93. The lowest BCUT2D eigenvalue weighted by molar-refractivity contribution is 0.0951. The van der Waals surface area contributed by atoms with Crippen LogP contribution in [0.15, 0.2) is 82.4 Å². The van der Waals surface area contributed by atoms with Gasteiger partial charge in [-0.25, -0.2) is 0 Å². The molecule has 0 radical (unpaired) electrons. The minimum atomic E-state index is -0.0510. The first-order valence-corrected chi connectivity index (χ1v) is 10.3. The monoisotopic (exact) mass is 419 g/mol. The summed E-state index contributed by atoms with van der Waals surface area (Å²) in [5, 5.41) is 11.1. The molecular weight excluding hydrogens is 406 g/mol. The quantitative estimate of drug-likeness (QED) is 0.338. The van der Waals surface area contributed by atoms with Crippen LogP contribution in [0.25, 0.3) is 33.3 Å². The zero-order valence-electron chi connectivity index (χ0n) is 15.1. The van der Waals surface area contributed by atoms with Crippen molar-refractivity contribution in [2.75, 3.05) is 5.75 Å². The van der Waals surface area contributed by atoms with Crippen LogP contribution in [0.3, 0.4) is 0 Å². The van der Waals surface area contributed by atoms with Crippen LogP contribution in [0.2, 0.25) is 5.02 Å². The second kappa shape index (κ2) is 7.39. The topological polar surface area (TPSA) is 60.9 Å². The van der Waals surface area contributed by atoms with Gasteiger partial charge in [-0.3, -0.25) is 9.36 Å². The lowest BCUT2D eigenvalue weighted by Gasteiger charge is -2.04. The molecule has 0 atom stereocenters. The molecule has 2 aromatic heterocycles. The average Bonchev–Trinajstić information content (AvgIpc) is 3.35. The van der Waals surface area contributed by atoms with Gasteiger partial charge in [0.1, 0.15) is 0 Å². The van der Waals surface area contributed by atoms with Crippen molar-refractivity contribution >= 4 is 51.1 Å². The number of para-hydroxylation sites is 2. The standard InChI is InChI=1S/C22H14ClN3O2S/c23-17-10-4-1-9-16(17)21-24-25-22(28-21)29-13-20(27)26-18-11-5-2-7-14(18)15-8-3-6-12-19(15)26/h1-12H,13H2. The maximum Gasteiger partial charge on any atom is 0.277 e. The van der Waals surface area contributed by atoms with Gasteiger partial charge >= 0.3 is 0 Å². The van der Waals surface area contributed by atoms with E-state index in [0.29, 0.717) is 21.7 Å². The molecule has 142 valence electrons. The molecule has 3 aromatic carbocycles. The van der Waals surface area contributed by atoms with Crippen molar-refractivity contribution < 1.29 is 9.21 Å². The molecule has 5 aromatic rings. The first kappa shape index (κ1) is 18.0. The fraction of sp³-hybridized carbons (Fsp3) is 0.0455. The summed E-state index contributed by atoms with van der Waals surface area (Å²) in [7, 11) is 0. The number of carbonyl (C=O) groups excluding carboxylic acids is 1. The van der Waals surface area contributed by atoms with E-state index in [1.54, 1.807) is 10.6 Å². The zero-order valence-corrected chi connectivity index (χ0v) is 16.7. The predicted molar refractivity (Wildman–Crippen MR) is 116 cm³/mol. The molecule has 29 heavy (non-hydrogen) atoms. The van der Waals surface area contributed by atoms with E-state index in [0.717, 1.165) is 21.8 Å². The highest BCUT2D eigenvalue weighted by molar-refractivity contribution is 7.99. The summed E-state index contributed by atoms with van der Waals surface area (Å²) in [6, 6.07) is 23.1. The van der Waals surface area contributed by atoms with Gasteiger partial charge < -0.3 is 4.42 Å². The number of aromatic nitrogens is 3. The molecular formula is C22H14ClN3O2S. The highest BCUT2D eigenvalue weighted by Crippen LogP contribution is 2.31. The van der Waals surface area contributed by atoms with E-state index in [-0.39, 0.29) is 11.7 Å². The lowest BCUT2D eigenvalue weighted by atomic mass is 10.2. The Morgan fingerprint density at radius 1 is 0.897 bits per heavy atom. The molecule has 0 saturated carbocycles. The van der Waals surface area contributed by atoms with Crippen LogP contribution < -0.4 is 0 Å². The maximum absolute atomic E-state index is 13.1. The molecule has 2 heterocycles. The van der Waals surface area contributed by atoms with Gasteiger partial charge in [0, 0.05) is 10.8 Å². The summed E-state index contributed by atoms with van der Waals surface area (Å²) in [6.45, 7) is 0. The fourth-order valence-electron chi connectivity index (χ4n) is 3.39. The van der Waals surface area contributed by atoms with Crippen LogP contribution in [0.5, 0.6) is 0 Å². The lowest BCUT2D eigenvalue weighted by Crippen LogP contribution is -2.12. The van der Waals surface area contributed by atoms with Crippen molar-refractivity contribution in [1.82, 2.24) is 14.8 Å². The fourth-order valence-corrected chi connectivity index (χ4v) is 4.22. The minimum absolute atomic E-state index is 0.0510.